The second-order valence-electron chi connectivity index (χ2n) is 4.71. The summed E-state index contributed by atoms with van der Waals surface area (Å²) in [5.41, 5.74) is 2.47. The third kappa shape index (κ3) is 3.71. The molecule has 3 heteroatoms. The molecule has 1 aromatic heterocycles. The van der Waals surface area contributed by atoms with Crippen LogP contribution >= 0.6 is 11.8 Å². The van der Waals surface area contributed by atoms with Crippen LogP contribution in [-0.2, 0) is 0 Å². The highest BCUT2D eigenvalue weighted by molar-refractivity contribution is 7.98. The molecule has 1 aromatic carbocycles. The minimum atomic E-state index is 0.408. The molecule has 0 spiro atoms. The van der Waals surface area contributed by atoms with Crippen molar-refractivity contribution in [2.75, 3.05) is 18.6 Å². The molecule has 0 fully saturated rings. The fraction of sp³-hybridized carbons (Fsp3) is 0.438. The lowest BCUT2D eigenvalue weighted by Crippen LogP contribution is -2.23. The van der Waals surface area contributed by atoms with Gasteiger partial charge in [-0.1, -0.05) is 31.2 Å². The molecule has 0 aliphatic heterocycles. The maximum atomic E-state index is 4.57. The van der Waals surface area contributed by atoms with Crippen LogP contribution in [0.4, 0.5) is 0 Å². The largest absolute Gasteiger partial charge is 0.310 e. The Kier molecular flexibility index (Phi) is 5.67. The SMILES string of the molecule is CCCNC(CCSC)c1cccc2cccnc12. The molecule has 0 radical (unpaired) electrons. The summed E-state index contributed by atoms with van der Waals surface area (Å²) in [5.74, 6) is 1.17. The smallest absolute Gasteiger partial charge is 0.0749 e. The summed E-state index contributed by atoms with van der Waals surface area (Å²) >= 11 is 1.90. The molecule has 2 nitrogen and oxygen atoms in total. The first kappa shape index (κ1) is 14.4. The number of thioether (sulfide) groups is 1. The van der Waals surface area contributed by atoms with E-state index in [1.807, 2.05) is 24.0 Å². The Balaban J connectivity index is 2.31. The van der Waals surface area contributed by atoms with E-state index in [-0.39, 0.29) is 0 Å². The lowest BCUT2D eigenvalue weighted by Gasteiger charge is -2.20. The van der Waals surface area contributed by atoms with Crippen molar-refractivity contribution in [1.29, 1.82) is 0 Å². The van der Waals surface area contributed by atoms with Gasteiger partial charge in [0.1, 0.15) is 0 Å². The van der Waals surface area contributed by atoms with Gasteiger partial charge in [-0.15, -0.1) is 0 Å². The molecular formula is C16H22N2S. The van der Waals surface area contributed by atoms with Gasteiger partial charge in [-0.25, -0.2) is 0 Å². The predicted octanol–water partition coefficient (Wildman–Crippen LogP) is 4.03. The molecule has 2 aromatic rings. The van der Waals surface area contributed by atoms with Crippen LogP contribution < -0.4 is 5.32 Å². The van der Waals surface area contributed by atoms with Crippen molar-refractivity contribution >= 4 is 22.7 Å². The highest BCUT2D eigenvalue weighted by atomic mass is 32.2. The number of fused-ring (bicyclic) bond motifs is 1. The van der Waals surface area contributed by atoms with E-state index >= 15 is 0 Å². The first-order chi connectivity index (χ1) is 9.36. The minimum Gasteiger partial charge on any atom is -0.310 e. The van der Waals surface area contributed by atoms with Gasteiger partial charge in [-0.2, -0.15) is 11.8 Å². The zero-order valence-electron chi connectivity index (χ0n) is 11.7. The highest BCUT2D eigenvalue weighted by Gasteiger charge is 2.13. The van der Waals surface area contributed by atoms with E-state index in [4.69, 9.17) is 0 Å². The number of para-hydroxylation sites is 1. The van der Waals surface area contributed by atoms with Gasteiger partial charge in [0.05, 0.1) is 5.52 Å². The molecule has 1 N–H and O–H groups in total. The van der Waals surface area contributed by atoms with Crippen LogP contribution in [-0.4, -0.2) is 23.5 Å². The Morgan fingerprint density at radius 1 is 1.26 bits per heavy atom. The Labute approximate surface area is 120 Å². The van der Waals surface area contributed by atoms with Crippen molar-refractivity contribution in [2.24, 2.45) is 0 Å². The normalized spacial score (nSPS) is 12.7. The van der Waals surface area contributed by atoms with Crippen LogP contribution in [0.25, 0.3) is 10.9 Å². The van der Waals surface area contributed by atoms with Crippen molar-refractivity contribution in [3.8, 4) is 0 Å². The van der Waals surface area contributed by atoms with Crippen molar-refractivity contribution in [1.82, 2.24) is 10.3 Å². The zero-order valence-corrected chi connectivity index (χ0v) is 12.5. The van der Waals surface area contributed by atoms with Gasteiger partial charge in [-0.3, -0.25) is 4.98 Å². The lowest BCUT2D eigenvalue weighted by molar-refractivity contribution is 0.524. The van der Waals surface area contributed by atoms with Gasteiger partial charge in [0.15, 0.2) is 0 Å². The van der Waals surface area contributed by atoms with Crippen LogP contribution in [0.2, 0.25) is 0 Å². The third-order valence-corrected chi connectivity index (χ3v) is 3.93. The van der Waals surface area contributed by atoms with Gasteiger partial charge >= 0.3 is 0 Å². The van der Waals surface area contributed by atoms with Crippen LogP contribution in [0.3, 0.4) is 0 Å². The summed E-state index contributed by atoms with van der Waals surface area (Å²) in [6, 6.07) is 11.0. The van der Waals surface area contributed by atoms with E-state index in [9.17, 15) is 0 Å². The van der Waals surface area contributed by atoms with Crippen molar-refractivity contribution < 1.29 is 0 Å². The number of benzene rings is 1. The highest BCUT2D eigenvalue weighted by Crippen LogP contribution is 2.25. The number of pyridine rings is 1. The Morgan fingerprint density at radius 2 is 2.11 bits per heavy atom. The molecule has 0 aliphatic rings. The number of aromatic nitrogens is 1. The van der Waals surface area contributed by atoms with E-state index in [0.717, 1.165) is 24.9 Å². The van der Waals surface area contributed by atoms with E-state index < -0.39 is 0 Å². The summed E-state index contributed by atoms with van der Waals surface area (Å²) in [5, 5.41) is 4.89. The van der Waals surface area contributed by atoms with E-state index in [2.05, 4.69) is 47.7 Å². The van der Waals surface area contributed by atoms with E-state index in [0.29, 0.717) is 6.04 Å². The summed E-state index contributed by atoms with van der Waals surface area (Å²) in [6.07, 6.45) is 6.36. The molecule has 2 rings (SSSR count). The van der Waals surface area contributed by atoms with Crippen molar-refractivity contribution in [3.05, 3.63) is 42.1 Å². The quantitative estimate of drug-likeness (QED) is 0.825. The summed E-state index contributed by atoms with van der Waals surface area (Å²) in [6.45, 7) is 3.27. The molecular weight excluding hydrogens is 252 g/mol. The second kappa shape index (κ2) is 7.51. The minimum absolute atomic E-state index is 0.408. The van der Waals surface area contributed by atoms with Crippen LogP contribution in [0.5, 0.6) is 0 Å². The number of hydrogen-bond donors (Lipinski definition) is 1. The molecule has 1 atom stereocenters. The number of nitrogens with one attached hydrogen (secondary N) is 1. The standard InChI is InChI=1S/C16H22N2S/c1-3-10-17-15(9-12-19-2)14-8-4-6-13-7-5-11-18-16(13)14/h4-8,11,15,17H,3,9-10,12H2,1-2H3. The van der Waals surface area contributed by atoms with Crippen LogP contribution in [0.15, 0.2) is 36.5 Å². The monoisotopic (exact) mass is 274 g/mol. The fourth-order valence-corrected chi connectivity index (χ4v) is 2.80. The average molecular weight is 274 g/mol. The van der Waals surface area contributed by atoms with Gasteiger partial charge in [-0.05, 0) is 43.0 Å². The third-order valence-electron chi connectivity index (χ3n) is 3.29. The first-order valence-corrected chi connectivity index (χ1v) is 8.32. The average Bonchev–Trinajstić information content (AvgIpc) is 2.47. The topological polar surface area (TPSA) is 24.9 Å². The maximum absolute atomic E-state index is 4.57. The molecule has 0 saturated heterocycles. The Bertz CT molecular complexity index is 500. The van der Waals surface area contributed by atoms with Crippen molar-refractivity contribution in [2.45, 2.75) is 25.8 Å². The Morgan fingerprint density at radius 3 is 2.89 bits per heavy atom. The predicted molar refractivity (Wildman–Crippen MR) is 85.8 cm³/mol. The number of nitrogens with zero attached hydrogens (tertiary/aromatic N) is 1. The molecule has 0 amide bonds. The zero-order chi connectivity index (χ0) is 13.5. The lowest BCUT2D eigenvalue weighted by atomic mass is 10.0. The molecule has 1 unspecified atom stereocenters. The van der Waals surface area contributed by atoms with Gasteiger partial charge in [0, 0.05) is 17.6 Å². The molecule has 1 heterocycles. The molecule has 102 valence electrons. The summed E-state index contributed by atoms with van der Waals surface area (Å²) in [7, 11) is 0. The molecule has 19 heavy (non-hydrogen) atoms. The molecule has 0 aliphatic carbocycles. The molecule has 0 saturated carbocycles. The van der Waals surface area contributed by atoms with E-state index in [1.165, 1.54) is 16.7 Å². The van der Waals surface area contributed by atoms with Gasteiger partial charge in [0.25, 0.3) is 0 Å². The summed E-state index contributed by atoms with van der Waals surface area (Å²) < 4.78 is 0. The van der Waals surface area contributed by atoms with Crippen molar-refractivity contribution in [3.63, 3.8) is 0 Å². The number of hydrogen-bond acceptors (Lipinski definition) is 3. The van der Waals surface area contributed by atoms with Crippen LogP contribution in [0, 0.1) is 0 Å². The van der Waals surface area contributed by atoms with Gasteiger partial charge in [0.2, 0.25) is 0 Å². The van der Waals surface area contributed by atoms with Gasteiger partial charge < -0.3 is 5.32 Å². The van der Waals surface area contributed by atoms with Crippen LogP contribution in [0.1, 0.15) is 31.4 Å². The summed E-state index contributed by atoms with van der Waals surface area (Å²) in [4.78, 5) is 4.57. The Hall–Kier alpha value is -1.06. The van der Waals surface area contributed by atoms with E-state index in [1.54, 1.807) is 0 Å². The molecule has 0 bridgehead atoms. The second-order valence-corrected chi connectivity index (χ2v) is 5.70. The number of rotatable bonds is 7. The fourth-order valence-electron chi connectivity index (χ4n) is 2.33. The maximum Gasteiger partial charge on any atom is 0.0749 e. The first-order valence-electron chi connectivity index (χ1n) is 6.92.